The van der Waals surface area contributed by atoms with Crippen molar-refractivity contribution in [1.29, 1.82) is 0 Å². The lowest BCUT2D eigenvalue weighted by molar-refractivity contribution is 0.0926. The number of likely N-dealkylation sites (N-methyl/N-ethyl adjacent to an activating group) is 1. The predicted octanol–water partition coefficient (Wildman–Crippen LogP) is 6.44. The van der Waals surface area contributed by atoms with E-state index in [0.717, 1.165) is 50.0 Å². The molecule has 1 aromatic heterocycles. The van der Waals surface area contributed by atoms with Crippen LogP contribution in [0.5, 0.6) is 0 Å². The molecule has 1 fully saturated rings. The number of nitrogens with zero attached hydrogens (tertiary/aromatic N) is 2. The number of aromatic nitrogens is 1. The van der Waals surface area contributed by atoms with E-state index in [1.807, 2.05) is 12.3 Å². The van der Waals surface area contributed by atoms with Crippen LogP contribution in [0.3, 0.4) is 0 Å². The van der Waals surface area contributed by atoms with Crippen LogP contribution < -0.4 is 15.5 Å². The van der Waals surface area contributed by atoms with E-state index < -0.39 is 5.82 Å². The van der Waals surface area contributed by atoms with Crippen LogP contribution in [0, 0.1) is 12.7 Å². The molecular formula is C28H33Cl2FN4O. The highest BCUT2D eigenvalue weighted by Crippen LogP contribution is 2.26. The molecule has 8 heteroatoms. The summed E-state index contributed by atoms with van der Waals surface area (Å²) in [5.41, 5.74) is 4.04. The second-order valence-electron chi connectivity index (χ2n) is 9.31. The van der Waals surface area contributed by atoms with Gasteiger partial charge in [0.05, 0.1) is 5.02 Å². The van der Waals surface area contributed by atoms with Crippen LogP contribution >= 0.6 is 24.0 Å². The monoisotopic (exact) mass is 530 g/mol. The van der Waals surface area contributed by atoms with Gasteiger partial charge in [0, 0.05) is 49.2 Å². The Balaban J connectivity index is 0.00000361. The molecule has 0 aliphatic heterocycles. The average Bonchev–Trinajstić information content (AvgIpc) is 2.87. The molecule has 1 amide bonds. The standard InChI is InChI=1S/C28H32ClFN4O.ClH/c1-19-18-31-27(17-26(19)34(2)15-14-20-6-4-3-5-7-20)32-22-9-11-23(12-10-22)33-28(35)21-8-13-25(30)24(29)16-21;/h3-8,13,16-18,22-23H,9-12,14-15H2,1-2H3,(H,31,32)(H,33,35);1H/t22-,23+;. The van der Waals surface area contributed by atoms with E-state index in [-0.39, 0.29) is 29.4 Å². The number of hydrogen-bond acceptors (Lipinski definition) is 4. The minimum Gasteiger partial charge on any atom is -0.374 e. The van der Waals surface area contributed by atoms with E-state index >= 15 is 0 Å². The van der Waals surface area contributed by atoms with Gasteiger partial charge in [-0.3, -0.25) is 4.79 Å². The summed E-state index contributed by atoms with van der Waals surface area (Å²) in [5.74, 6) is 0.141. The van der Waals surface area contributed by atoms with E-state index in [2.05, 4.69) is 64.8 Å². The highest BCUT2D eigenvalue weighted by Gasteiger charge is 2.23. The molecule has 2 N–H and O–H groups in total. The smallest absolute Gasteiger partial charge is 0.251 e. The second-order valence-corrected chi connectivity index (χ2v) is 9.72. The maximum absolute atomic E-state index is 13.4. The van der Waals surface area contributed by atoms with E-state index in [4.69, 9.17) is 11.6 Å². The minimum absolute atomic E-state index is 0. The summed E-state index contributed by atoms with van der Waals surface area (Å²) < 4.78 is 13.4. The Labute approximate surface area is 223 Å². The number of hydrogen-bond donors (Lipinski definition) is 2. The van der Waals surface area contributed by atoms with Gasteiger partial charge in [-0.2, -0.15) is 0 Å². The average molecular weight is 532 g/mol. The summed E-state index contributed by atoms with van der Waals surface area (Å²) in [7, 11) is 2.12. The van der Waals surface area contributed by atoms with Crippen molar-refractivity contribution < 1.29 is 9.18 Å². The Morgan fingerprint density at radius 3 is 2.47 bits per heavy atom. The number of halogens is 3. The third-order valence-corrected chi connectivity index (χ3v) is 6.95. The summed E-state index contributed by atoms with van der Waals surface area (Å²) in [6, 6.07) is 17.1. The highest BCUT2D eigenvalue weighted by atomic mass is 35.5. The van der Waals surface area contributed by atoms with Crippen LogP contribution in [0.15, 0.2) is 60.8 Å². The van der Waals surface area contributed by atoms with Crippen molar-refractivity contribution in [3.63, 3.8) is 0 Å². The fourth-order valence-electron chi connectivity index (χ4n) is 4.56. The SMILES string of the molecule is Cc1cnc(N[C@H]2CC[C@@H](NC(=O)c3ccc(F)c(Cl)c3)CC2)cc1N(C)CCc1ccccc1.Cl. The molecule has 36 heavy (non-hydrogen) atoms. The largest absolute Gasteiger partial charge is 0.374 e. The number of carbonyl (C=O) groups excluding carboxylic acids is 1. The van der Waals surface area contributed by atoms with Crippen molar-refractivity contribution in [2.75, 3.05) is 23.8 Å². The third kappa shape index (κ3) is 7.34. The lowest BCUT2D eigenvalue weighted by atomic mass is 9.91. The quantitative estimate of drug-likeness (QED) is 0.352. The number of amides is 1. The minimum atomic E-state index is -0.523. The van der Waals surface area contributed by atoms with Gasteiger partial charge in [-0.15, -0.1) is 12.4 Å². The molecule has 0 atom stereocenters. The molecule has 0 radical (unpaired) electrons. The highest BCUT2D eigenvalue weighted by molar-refractivity contribution is 6.31. The van der Waals surface area contributed by atoms with Crippen LogP contribution in [-0.2, 0) is 6.42 Å². The van der Waals surface area contributed by atoms with Gasteiger partial charge < -0.3 is 15.5 Å². The number of pyridine rings is 1. The first-order valence-corrected chi connectivity index (χ1v) is 12.5. The van der Waals surface area contributed by atoms with Crippen molar-refractivity contribution in [1.82, 2.24) is 10.3 Å². The van der Waals surface area contributed by atoms with Crippen LogP contribution in [-0.4, -0.2) is 36.6 Å². The topological polar surface area (TPSA) is 57.3 Å². The fourth-order valence-corrected chi connectivity index (χ4v) is 4.74. The molecule has 1 heterocycles. The summed E-state index contributed by atoms with van der Waals surface area (Å²) in [6.45, 7) is 3.02. The van der Waals surface area contributed by atoms with E-state index in [9.17, 15) is 9.18 Å². The van der Waals surface area contributed by atoms with Crippen LogP contribution in [0.4, 0.5) is 15.9 Å². The summed E-state index contributed by atoms with van der Waals surface area (Å²) in [6.07, 6.45) is 6.52. The van der Waals surface area contributed by atoms with Gasteiger partial charge in [0.25, 0.3) is 5.91 Å². The first-order valence-electron chi connectivity index (χ1n) is 12.1. The van der Waals surface area contributed by atoms with Crippen LogP contribution in [0.2, 0.25) is 5.02 Å². The fraction of sp³-hybridized carbons (Fsp3) is 0.357. The number of carbonyl (C=O) groups is 1. The maximum Gasteiger partial charge on any atom is 0.251 e. The zero-order valence-corrected chi connectivity index (χ0v) is 22.2. The number of anilines is 2. The van der Waals surface area contributed by atoms with E-state index in [1.165, 1.54) is 29.4 Å². The molecule has 0 spiro atoms. The van der Waals surface area contributed by atoms with Crippen molar-refractivity contribution in [2.24, 2.45) is 0 Å². The van der Waals surface area contributed by atoms with Crippen molar-refractivity contribution >= 4 is 41.4 Å². The normalized spacial score (nSPS) is 17.1. The molecule has 192 valence electrons. The van der Waals surface area contributed by atoms with E-state index in [0.29, 0.717) is 11.6 Å². The zero-order chi connectivity index (χ0) is 24.8. The molecule has 4 rings (SSSR count). The van der Waals surface area contributed by atoms with Gasteiger partial charge >= 0.3 is 0 Å². The Morgan fingerprint density at radius 1 is 1.08 bits per heavy atom. The van der Waals surface area contributed by atoms with Gasteiger partial charge in [0.2, 0.25) is 0 Å². The number of rotatable bonds is 8. The molecule has 1 aliphatic carbocycles. The van der Waals surface area contributed by atoms with Gasteiger partial charge in [-0.05, 0) is 68.4 Å². The van der Waals surface area contributed by atoms with Gasteiger partial charge in [-0.1, -0.05) is 41.9 Å². The van der Waals surface area contributed by atoms with Gasteiger partial charge in [0.15, 0.2) is 0 Å². The Morgan fingerprint density at radius 2 is 1.78 bits per heavy atom. The molecule has 1 aliphatic rings. The predicted molar refractivity (Wildman–Crippen MR) is 148 cm³/mol. The van der Waals surface area contributed by atoms with Crippen molar-refractivity contribution in [2.45, 2.75) is 51.1 Å². The molecule has 1 saturated carbocycles. The third-order valence-electron chi connectivity index (χ3n) is 6.66. The number of nitrogens with one attached hydrogen (secondary N) is 2. The Hall–Kier alpha value is -2.83. The lowest BCUT2D eigenvalue weighted by Crippen LogP contribution is -2.40. The summed E-state index contributed by atoms with van der Waals surface area (Å²) >= 11 is 5.81. The van der Waals surface area contributed by atoms with Crippen LogP contribution in [0.1, 0.15) is 47.2 Å². The molecule has 0 saturated heterocycles. The van der Waals surface area contributed by atoms with Gasteiger partial charge in [-0.25, -0.2) is 9.37 Å². The van der Waals surface area contributed by atoms with E-state index in [1.54, 1.807) is 0 Å². The van der Waals surface area contributed by atoms with Gasteiger partial charge in [0.1, 0.15) is 11.6 Å². The molecule has 5 nitrogen and oxygen atoms in total. The first kappa shape index (κ1) is 27.8. The summed E-state index contributed by atoms with van der Waals surface area (Å²) in [5, 5.41) is 6.60. The van der Waals surface area contributed by atoms with Crippen molar-refractivity contribution in [3.8, 4) is 0 Å². The van der Waals surface area contributed by atoms with Crippen LogP contribution in [0.25, 0.3) is 0 Å². The lowest BCUT2D eigenvalue weighted by Gasteiger charge is -2.30. The number of benzene rings is 2. The summed E-state index contributed by atoms with van der Waals surface area (Å²) in [4.78, 5) is 19.4. The molecule has 0 unspecified atom stereocenters. The molecular weight excluding hydrogens is 498 g/mol. The Bertz CT molecular complexity index is 1150. The molecule has 2 aromatic carbocycles. The molecule has 0 bridgehead atoms. The Kier molecular flexibility index (Phi) is 9.97. The first-order chi connectivity index (χ1) is 16.9. The second kappa shape index (κ2) is 12.9. The van der Waals surface area contributed by atoms with Crippen molar-refractivity contribution in [3.05, 3.63) is 88.3 Å². The zero-order valence-electron chi connectivity index (χ0n) is 20.6. The number of aryl methyl sites for hydroxylation is 1. The maximum atomic E-state index is 13.4. The molecule has 3 aromatic rings.